The molecular formula is C16H20N2OS. The molecule has 0 saturated heterocycles. The molecule has 1 aliphatic rings. The van der Waals surface area contributed by atoms with Crippen LogP contribution in [0.3, 0.4) is 0 Å². The fourth-order valence-electron chi connectivity index (χ4n) is 2.16. The normalized spacial score (nSPS) is 17.1. The highest BCUT2D eigenvalue weighted by Gasteiger charge is 2.42. The number of aryl methyl sites for hydroxylation is 2. The average Bonchev–Trinajstić information content (AvgIpc) is 3.25. The van der Waals surface area contributed by atoms with E-state index in [1.807, 2.05) is 13.0 Å². The summed E-state index contributed by atoms with van der Waals surface area (Å²) in [4.78, 5) is 13.1. The van der Waals surface area contributed by atoms with Crippen LogP contribution in [0.25, 0.3) is 0 Å². The molecule has 2 rings (SSSR count). The molecule has 4 heteroatoms. The van der Waals surface area contributed by atoms with E-state index in [2.05, 4.69) is 37.4 Å². The lowest BCUT2D eigenvalue weighted by molar-refractivity contribution is -0.119. The molecule has 1 N–H and O–H groups in total. The van der Waals surface area contributed by atoms with Crippen molar-refractivity contribution in [3.63, 3.8) is 0 Å². The number of nitrogens with zero attached hydrogens (tertiary/aromatic N) is 1. The Morgan fingerprint density at radius 2 is 2.15 bits per heavy atom. The number of nitriles is 1. The van der Waals surface area contributed by atoms with Crippen LogP contribution in [-0.2, 0) is 4.79 Å². The highest BCUT2D eigenvalue weighted by Crippen LogP contribution is 2.39. The van der Waals surface area contributed by atoms with Crippen molar-refractivity contribution in [1.29, 1.82) is 5.26 Å². The zero-order chi connectivity index (χ0) is 14.8. The van der Waals surface area contributed by atoms with Crippen molar-refractivity contribution in [2.75, 3.05) is 5.75 Å². The number of thioether (sulfide) groups is 1. The van der Waals surface area contributed by atoms with Gasteiger partial charge in [-0.3, -0.25) is 4.79 Å². The van der Waals surface area contributed by atoms with E-state index in [0.717, 1.165) is 17.7 Å². The highest BCUT2D eigenvalue weighted by atomic mass is 32.2. The maximum Gasteiger partial charge on any atom is 0.231 e. The second kappa shape index (κ2) is 5.88. The summed E-state index contributed by atoms with van der Waals surface area (Å²) in [7, 11) is 0. The van der Waals surface area contributed by atoms with Crippen LogP contribution < -0.4 is 5.32 Å². The Morgan fingerprint density at radius 1 is 1.45 bits per heavy atom. The third-order valence-corrected chi connectivity index (χ3v) is 4.87. The second-order valence-electron chi connectivity index (χ2n) is 5.67. The van der Waals surface area contributed by atoms with Crippen LogP contribution >= 0.6 is 11.8 Å². The predicted molar refractivity (Wildman–Crippen MR) is 81.5 cm³/mol. The minimum atomic E-state index is -0.694. The molecule has 1 aromatic carbocycles. The van der Waals surface area contributed by atoms with Crippen molar-refractivity contribution in [2.45, 2.75) is 44.0 Å². The van der Waals surface area contributed by atoms with Crippen molar-refractivity contribution in [2.24, 2.45) is 5.92 Å². The van der Waals surface area contributed by atoms with Gasteiger partial charge in [0, 0.05) is 4.90 Å². The predicted octanol–water partition coefficient (Wildman–Crippen LogP) is 3.20. The van der Waals surface area contributed by atoms with Crippen molar-refractivity contribution in [3.05, 3.63) is 29.3 Å². The van der Waals surface area contributed by atoms with Crippen molar-refractivity contribution in [3.8, 4) is 6.07 Å². The van der Waals surface area contributed by atoms with Crippen LogP contribution in [0.2, 0.25) is 0 Å². The summed E-state index contributed by atoms with van der Waals surface area (Å²) in [5.41, 5.74) is 1.79. The lowest BCUT2D eigenvalue weighted by Crippen LogP contribution is -2.47. The number of carbonyl (C=O) groups excluding carboxylic acids is 1. The molecule has 106 valence electrons. The van der Waals surface area contributed by atoms with Gasteiger partial charge in [0.05, 0.1) is 11.8 Å². The van der Waals surface area contributed by atoms with Gasteiger partial charge in [-0.2, -0.15) is 5.26 Å². The number of carbonyl (C=O) groups is 1. The van der Waals surface area contributed by atoms with Gasteiger partial charge in [0.1, 0.15) is 5.54 Å². The van der Waals surface area contributed by atoms with Gasteiger partial charge < -0.3 is 5.32 Å². The molecular weight excluding hydrogens is 268 g/mol. The molecule has 3 nitrogen and oxygen atoms in total. The summed E-state index contributed by atoms with van der Waals surface area (Å²) in [6.45, 7) is 5.97. The number of hydrogen-bond donors (Lipinski definition) is 1. The monoisotopic (exact) mass is 288 g/mol. The first-order valence-electron chi connectivity index (χ1n) is 6.87. The number of benzene rings is 1. The molecule has 0 unspecified atom stereocenters. The van der Waals surface area contributed by atoms with Crippen LogP contribution in [-0.4, -0.2) is 17.2 Å². The lowest BCUT2D eigenvalue weighted by atomic mass is 9.98. The maximum atomic E-state index is 12.0. The summed E-state index contributed by atoms with van der Waals surface area (Å²) in [6.07, 6.45) is 2.07. The minimum absolute atomic E-state index is 0.0656. The Labute approximate surface area is 124 Å². The van der Waals surface area contributed by atoms with E-state index in [1.165, 1.54) is 22.9 Å². The Morgan fingerprint density at radius 3 is 2.70 bits per heavy atom. The summed E-state index contributed by atoms with van der Waals surface area (Å²) >= 11 is 1.51. The Kier molecular flexibility index (Phi) is 4.39. The lowest BCUT2D eigenvalue weighted by Gasteiger charge is -2.22. The Balaban J connectivity index is 1.89. The molecule has 0 radical (unpaired) electrons. The summed E-state index contributed by atoms with van der Waals surface area (Å²) in [5, 5.41) is 12.1. The average molecular weight is 288 g/mol. The zero-order valence-corrected chi connectivity index (χ0v) is 13.0. The molecule has 0 bridgehead atoms. The van der Waals surface area contributed by atoms with Crippen LogP contribution in [0.5, 0.6) is 0 Å². The first-order chi connectivity index (χ1) is 9.44. The van der Waals surface area contributed by atoms with E-state index in [0.29, 0.717) is 11.7 Å². The van der Waals surface area contributed by atoms with Gasteiger partial charge in [0.15, 0.2) is 0 Å². The smallest absolute Gasteiger partial charge is 0.231 e. The third-order valence-electron chi connectivity index (χ3n) is 3.87. The number of amides is 1. The minimum Gasteiger partial charge on any atom is -0.337 e. The SMILES string of the molecule is Cc1ccc(SCC(=O)N[C@](C)(C#N)C2CC2)cc1C. The van der Waals surface area contributed by atoms with Gasteiger partial charge in [0.25, 0.3) is 0 Å². The van der Waals surface area contributed by atoms with E-state index in [9.17, 15) is 10.1 Å². The Hall–Kier alpha value is -1.47. The van der Waals surface area contributed by atoms with E-state index in [-0.39, 0.29) is 5.91 Å². The topological polar surface area (TPSA) is 52.9 Å². The van der Waals surface area contributed by atoms with Crippen molar-refractivity contribution >= 4 is 17.7 Å². The van der Waals surface area contributed by atoms with E-state index in [1.54, 1.807) is 0 Å². The third kappa shape index (κ3) is 3.55. The summed E-state index contributed by atoms with van der Waals surface area (Å²) in [5.74, 6) is 0.610. The van der Waals surface area contributed by atoms with Crippen LogP contribution in [0.15, 0.2) is 23.1 Å². The van der Waals surface area contributed by atoms with E-state index in [4.69, 9.17) is 0 Å². The molecule has 1 amide bonds. The first-order valence-corrected chi connectivity index (χ1v) is 7.85. The van der Waals surface area contributed by atoms with Crippen LogP contribution in [0.1, 0.15) is 30.9 Å². The molecule has 0 heterocycles. The second-order valence-corrected chi connectivity index (χ2v) is 6.72. The van der Waals surface area contributed by atoms with Crippen molar-refractivity contribution < 1.29 is 4.79 Å². The van der Waals surface area contributed by atoms with Gasteiger partial charge in [0.2, 0.25) is 5.91 Å². The van der Waals surface area contributed by atoms with E-state index >= 15 is 0 Å². The molecule has 1 aliphatic carbocycles. The molecule has 1 fully saturated rings. The number of rotatable bonds is 5. The molecule has 1 aromatic rings. The standard InChI is InChI=1S/C16H20N2OS/c1-11-4-7-14(8-12(11)2)20-9-15(19)18-16(3,10-17)13-5-6-13/h4,7-8,13H,5-6,9H2,1-3H3,(H,18,19)/t16-/m1/s1. The molecule has 0 spiro atoms. The fraction of sp³-hybridized carbons (Fsp3) is 0.500. The quantitative estimate of drug-likeness (QED) is 0.846. The molecule has 0 aromatic heterocycles. The van der Waals surface area contributed by atoms with Gasteiger partial charge in [-0.05, 0) is 62.8 Å². The molecule has 1 saturated carbocycles. The first kappa shape index (κ1) is 14.9. The van der Waals surface area contributed by atoms with Gasteiger partial charge >= 0.3 is 0 Å². The zero-order valence-electron chi connectivity index (χ0n) is 12.2. The van der Waals surface area contributed by atoms with Gasteiger partial charge in [-0.15, -0.1) is 11.8 Å². The molecule has 1 atom stereocenters. The Bertz CT molecular complexity index is 560. The van der Waals surface area contributed by atoms with Crippen molar-refractivity contribution in [1.82, 2.24) is 5.32 Å². The summed E-state index contributed by atoms with van der Waals surface area (Å²) < 4.78 is 0. The summed E-state index contributed by atoms with van der Waals surface area (Å²) in [6, 6.07) is 8.44. The highest BCUT2D eigenvalue weighted by molar-refractivity contribution is 8.00. The molecule has 20 heavy (non-hydrogen) atoms. The number of nitrogens with one attached hydrogen (secondary N) is 1. The largest absolute Gasteiger partial charge is 0.337 e. The van der Waals surface area contributed by atoms with Crippen LogP contribution in [0, 0.1) is 31.1 Å². The molecule has 0 aliphatic heterocycles. The maximum absolute atomic E-state index is 12.0. The van der Waals surface area contributed by atoms with Gasteiger partial charge in [-0.1, -0.05) is 6.07 Å². The van der Waals surface area contributed by atoms with Crippen LogP contribution in [0.4, 0.5) is 0 Å². The number of hydrogen-bond acceptors (Lipinski definition) is 3. The van der Waals surface area contributed by atoms with E-state index < -0.39 is 5.54 Å². The van der Waals surface area contributed by atoms with Gasteiger partial charge in [-0.25, -0.2) is 0 Å². The fourth-order valence-corrected chi connectivity index (χ4v) is 2.95.